The Balaban J connectivity index is 2.40. The lowest BCUT2D eigenvalue weighted by Gasteiger charge is -2.02. The zero-order valence-electron chi connectivity index (χ0n) is 8.83. The highest BCUT2D eigenvalue weighted by Gasteiger charge is 2.03. The largest absolute Gasteiger partial charge is 0.341 e. The predicted molar refractivity (Wildman–Crippen MR) is 57.2 cm³/mol. The topological polar surface area (TPSA) is 41.6 Å². The normalized spacial score (nSPS) is 11.4. The first kappa shape index (κ1) is 9.19. The summed E-state index contributed by atoms with van der Waals surface area (Å²) in [7, 11) is 0. The van der Waals surface area contributed by atoms with Crippen LogP contribution in [0.2, 0.25) is 0 Å². The Kier molecular flexibility index (Phi) is 2.23. The van der Waals surface area contributed by atoms with Crippen LogP contribution in [-0.2, 0) is 6.42 Å². The van der Waals surface area contributed by atoms with Crippen molar-refractivity contribution < 1.29 is 0 Å². The summed E-state index contributed by atoms with van der Waals surface area (Å²) < 4.78 is 0. The van der Waals surface area contributed by atoms with E-state index in [4.69, 9.17) is 0 Å². The first-order chi connectivity index (χ1) is 6.65. The SMILES string of the molecule is Cc1nc2nc(CC(C)C)ccc2[nH]1. The third kappa shape index (κ3) is 1.76. The van der Waals surface area contributed by atoms with Gasteiger partial charge >= 0.3 is 0 Å². The number of aromatic nitrogens is 3. The zero-order chi connectivity index (χ0) is 10.1. The van der Waals surface area contributed by atoms with Gasteiger partial charge in [-0.2, -0.15) is 0 Å². The number of aryl methyl sites for hydroxylation is 1. The molecule has 0 aliphatic heterocycles. The summed E-state index contributed by atoms with van der Waals surface area (Å²) in [5, 5.41) is 0. The Morgan fingerprint density at radius 2 is 2.07 bits per heavy atom. The molecule has 0 bridgehead atoms. The Labute approximate surface area is 83.6 Å². The first-order valence-corrected chi connectivity index (χ1v) is 4.97. The summed E-state index contributed by atoms with van der Waals surface area (Å²) in [6.07, 6.45) is 1.02. The van der Waals surface area contributed by atoms with Gasteiger partial charge in [-0.05, 0) is 31.4 Å². The molecule has 3 nitrogen and oxygen atoms in total. The van der Waals surface area contributed by atoms with Gasteiger partial charge in [0.15, 0.2) is 5.65 Å². The van der Waals surface area contributed by atoms with Crippen molar-refractivity contribution in [1.29, 1.82) is 0 Å². The number of nitrogens with one attached hydrogen (secondary N) is 1. The van der Waals surface area contributed by atoms with Crippen molar-refractivity contribution in [3.8, 4) is 0 Å². The van der Waals surface area contributed by atoms with Gasteiger partial charge in [-0.15, -0.1) is 0 Å². The van der Waals surface area contributed by atoms with Gasteiger partial charge in [-0.25, -0.2) is 9.97 Å². The number of rotatable bonds is 2. The average molecular weight is 189 g/mol. The molecule has 0 unspecified atom stereocenters. The van der Waals surface area contributed by atoms with Crippen molar-refractivity contribution in [3.05, 3.63) is 23.7 Å². The average Bonchev–Trinajstić information content (AvgIpc) is 2.42. The van der Waals surface area contributed by atoms with Crippen LogP contribution in [0.25, 0.3) is 11.2 Å². The van der Waals surface area contributed by atoms with Gasteiger partial charge in [0.2, 0.25) is 0 Å². The molecule has 1 N–H and O–H groups in total. The van der Waals surface area contributed by atoms with E-state index in [2.05, 4.69) is 40.9 Å². The minimum absolute atomic E-state index is 0.639. The summed E-state index contributed by atoms with van der Waals surface area (Å²) in [4.78, 5) is 12.0. The maximum atomic E-state index is 4.49. The lowest BCUT2D eigenvalue weighted by Crippen LogP contribution is -1.96. The molecule has 0 fully saturated rings. The fourth-order valence-electron chi connectivity index (χ4n) is 1.58. The molecule has 0 atom stereocenters. The van der Waals surface area contributed by atoms with E-state index < -0.39 is 0 Å². The van der Waals surface area contributed by atoms with E-state index >= 15 is 0 Å². The second-order valence-corrected chi connectivity index (χ2v) is 4.09. The van der Waals surface area contributed by atoms with E-state index in [1.165, 1.54) is 0 Å². The van der Waals surface area contributed by atoms with E-state index in [0.717, 1.165) is 29.1 Å². The molecule has 0 radical (unpaired) electrons. The summed E-state index contributed by atoms with van der Waals surface area (Å²) in [6, 6.07) is 4.12. The van der Waals surface area contributed by atoms with E-state index in [9.17, 15) is 0 Å². The number of H-pyrrole nitrogens is 1. The molecule has 74 valence electrons. The number of aromatic amines is 1. The fraction of sp³-hybridized carbons (Fsp3) is 0.455. The van der Waals surface area contributed by atoms with Crippen LogP contribution in [0.4, 0.5) is 0 Å². The maximum absolute atomic E-state index is 4.49. The maximum Gasteiger partial charge on any atom is 0.177 e. The van der Waals surface area contributed by atoms with Gasteiger partial charge in [0.1, 0.15) is 5.82 Å². The van der Waals surface area contributed by atoms with Crippen LogP contribution in [-0.4, -0.2) is 15.0 Å². The third-order valence-corrected chi connectivity index (χ3v) is 2.14. The fourth-order valence-corrected chi connectivity index (χ4v) is 1.58. The standard InChI is InChI=1S/C11H15N3/c1-7(2)6-9-4-5-10-11(14-9)13-8(3)12-10/h4-5,7H,6H2,1-3H3,(H,12,13,14). The van der Waals surface area contributed by atoms with E-state index in [-0.39, 0.29) is 0 Å². The quantitative estimate of drug-likeness (QED) is 0.788. The molecule has 0 saturated heterocycles. The van der Waals surface area contributed by atoms with Crippen LogP contribution in [0.15, 0.2) is 12.1 Å². The summed E-state index contributed by atoms with van der Waals surface area (Å²) >= 11 is 0. The van der Waals surface area contributed by atoms with Crippen LogP contribution in [0.1, 0.15) is 25.4 Å². The van der Waals surface area contributed by atoms with Crippen molar-refractivity contribution in [3.63, 3.8) is 0 Å². The number of imidazole rings is 1. The Morgan fingerprint density at radius 1 is 1.29 bits per heavy atom. The van der Waals surface area contributed by atoms with Crippen LogP contribution >= 0.6 is 0 Å². The lowest BCUT2D eigenvalue weighted by atomic mass is 10.1. The summed E-state index contributed by atoms with van der Waals surface area (Å²) in [5.74, 6) is 1.56. The van der Waals surface area contributed by atoms with Crippen LogP contribution in [0, 0.1) is 12.8 Å². The van der Waals surface area contributed by atoms with E-state index in [0.29, 0.717) is 5.92 Å². The van der Waals surface area contributed by atoms with Crippen LogP contribution in [0.5, 0.6) is 0 Å². The second-order valence-electron chi connectivity index (χ2n) is 4.09. The van der Waals surface area contributed by atoms with Crippen molar-refractivity contribution in [2.75, 3.05) is 0 Å². The molecule has 0 aromatic carbocycles. The van der Waals surface area contributed by atoms with Gasteiger partial charge in [0, 0.05) is 5.69 Å². The van der Waals surface area contributed by atoms with Crippen molar-refractivity contribution in [2.24, 2.45) is 5.92 Å². The molecule has 2 heterocycles. The minimum Gasteiger partial charge on any atom is -0.341 e. The predicted octanol–water partition coefficient (Wildman–Crippen LogP) is 2.46. The number of pyridine rings is 1. The molecule has 0 aliphatic carbocycles. The molecular formula is C11H15N3. The lowest BCUT2D eigenvalue weighted by molar-refractivity contribution is 0.637. The smallest absolute Gasteiger partial charge is 0.177 e. The molecule has 0 saturated carbocycles. The van der Waals surface area contributed by atoms with Crippen molar-refractivity contribution in [2.45, 2.75) is 27.2 Å². The highest BCUT2D eigenvalue weighted by atomic mass is 15.0. The number of nitrogens with zero attached hydrogens (tertiary/aromatic N) is 2. The molecule has 0 aliphatic rings. The highest BCUT2D eigenvalue weighted by Crippen LogP contribution is 2.12. The zero-order valence-corrected chi connectivity index (χ0v) is 8.83. The van der Waals surface area contributed by atoms with E-state index in [1.807, 2.05) is 6.92 Å². The van der Waals surface area contributed by atoms with Gasteiger partial charge in [-0.1, -0.05) is 13.8 Å². The number of hydrogen-bond donors (Lipinski definition) is 1. The molecule has 2 rings (SSSR count). The third-order valence-electron chi connectivity index (χ3n) is 2.14. The second kappa shape index (κ2) is 3.40. The molecule has 14 heavy (non-hydrogen) atoms. The number of hydrogen-bond acceptors (Lipinski definition) is 2. The first-order valence-electron chi connectivity index (χ1n) is 4.97. The minimum atomic E-state index is 0.639. The molecule has 2 aromatic heterocycles. The van der Waals surface area contributed by atoms with Crippen molar-refractivity contribution >= 4 is 11.2 Å². The van der Waals surface area contributed by atoms with Gasteiger partial charge in [0.05, 0.1) is 5.52 Å². The van der Waals surface area contributed by atoms with E-state index in [1.54, 1.807) is 0 Å². The summed E-state index contributed by atoms with van der Waals surface area (Å²) in [5.41, 5.74) is 2.98. The molecule has 2 aromatic rings. The highest BCUT2D eigenvalue weighted by molar-refractivity contribution is 5.70. The van der Waals surface area contributed by atoms with Gasteiger partial charge in [0.25, 0.3) is 0 Å². The molecule has 3 heteroatoms. The Bertz CT molecular complexity index is 443. The van der Waals surface area contributed by atoms with Gasteiger partial charge < -0.3 is 4.98 Å². The summed E-state index contributed by atoms with van der Waals surface area (Å²) in [6.45, 7) is 6.34. The van der Waals surface area contributed by atoms with Crippen LogP contribution < -0.4 is 0 Å². The van der Waals surface area contributed by atoms with Crippen LogP contribution in [0.3, 0.4) is 0 Å². The molecule has 0 amide bonds. The van der Waals surface area contributed by atoms with Gasteiger partial charge in [-0.3, -0.25) is 0 Å². The Hall–Kier alpha value is -1.38. The monoisotopic (exact) mass is 189 g/mol. The molecular weight excluding hydrogens is 174 g/mol. The Morgan fingerprint density at radius 3 is 2.79 bits per heavy atom. The molecule has 0 spiro atoms. The van der Waals surface area contributed by atoms with Crippen molar-refractivity contribution in [1.82, 2.24) is 15.0 Å². The number of fused-ring (bicyclic) bond motifs is 1.